The van der Waals surface area contributed by atoms with E-state index in [1.165, 1.54) is 6.21 Å². The summed E-state index contributed by atoms with van der Waals surface area (Å²) in [6.45, 7) is 3.82. The van der Waals surface area contributed by atoms with Gasteiger partial charge in [-0.1, -0.05) is 23.2 Å². The summed E-state index contributed by atoms with van der Waals surface area (Å²) >= 11 is 12.4. The molecule has 0 atom stereocenters. The van der Waals surface area contributed by atoms with E-state index in [1.807, 2.05) is 24.5 Å². The molecule has 2 aromatic heterocycles. The summed E-state index contributed by atoms with van der Waals surface area (Å²) in [4.78, 5) is 17.8. The highest BCUT2D eigenvalue weighted by atomic mass is 35.5. The first kappa shape index (κ1) is 19.6. The van der Waals surface area contributed by atoms with Crippen molar-refractivity contribution in [3.05, 3.63) is 67.6 Å². The number of aryl methyl sites for hydroxylation is 1. The van der Waals surface area contributed by atoms with Gasteiger partial charge in [0.2, 0.25) is 11.8 Å². The van der Waals surface area contributed by atoms with Gasteiger partial charge in [0.1, 0.15) is 6.20 Å². The van der Waals surface area contributed by atoms with Crippen LogP contribution < -0.4 is 11.2 Å². The number of rotatable bonds is 5. The lowest BCUT2D eigenvalue weighted by molar-refractivity contribution is -0.384. The smallest absolute Gasteiger partial charge is 0.331 e. The van der Waals surface area contributed by atoms with E-state index < -0.39 is 4.92 Å². The normalized spacial score (nSPS) is 11.1. The summed E-state index contributed by atoms with van der Waals surface area (Å²) in [5, 5.41) is 16.2. The fourth-order valence-corrected chi connectivity index (χ4v) is 3.08. The van der Waals surface area contributed by atoms with Gasteiger partial charge in [-0.3, -0.25) is 15.5 Å². The Hall–Kier alpha value is -3.17. The molecule has 0 amide bonds. The van der Waals surface area contributed by atoms with Crippen molar-refractivity contribution >= 4 is 46.9 Å². The molecule has 3 aromatic rings. The minimum absolute atomic E-state index is 0.0968. The summed E-state index contributed by atoms with van der Waals surface area (Å²) in [7, 11) is 0. The SMILES string of the molecule is Cc1cc(/C=N/Nc2nc(N)ncc2[N+](=O)[O-])c(C)n1-c1cc(Cl)ccc1Cl. The minimum atomic E-state index is -0.621. The molecule has 0 aliphatic carbocycles. The van der Waals surface area contributed by atoms with Crippen LogP contribution in [0.2, 0.25) is 10.0 Å². The van der Waals surface area contributed by atoms with Crippen LogP contribution >= 0.6 is 23.2 Å². The third kappa shape index (κ3) is 3.90. The molecular formula is C17H15Cl2N7O2. The Bertz CT molecular complexity index is 1100. The molecule has 28 heavy (non-hydrogen) atoms. The van der Waals surface area contributed by atoms with E-state index in [2.05, 4.69) is 20.5 Å². The van der Waals surface area contributed by atoms with E-state index in [-0.39, 0.29) is 17.5 Å². The lowest BCUT2D eigenvalue weighted by Crippen LogP contribution is -2.04. The van der Waals surface area contributed by atoms with E-state index >= 15 is 0 Å². The maximum absolute atomic E-state index is 11.1. The highest BCUT2D eigenvalue weighted by Gasteiger charge is 2.16. The van der Waals surface area contributed by atoms with Gasteiger partial charge in [0, 0.05) is 22.0 Å². The molecule has 9 nitrogen and oxygen atoms in total. The van der Waals surface area contributed by atoms with Gasteiger partial charge < -0.3 is 10.3 Å². The number of nitro groups is 1. The number of nitrogens with zero attached hydrogens (tertiary/aromatic N) is 5. The molecule has 144 valence electrons. The van der Waals surface area contributed by atoms with E-state index in [4.69, 9.17) is 28.9 Å². The van der Waals surface area contributed by atoms with Crippen molar-refractivity contribution in [2.45, 2.75) is 13.8 Å². The number of hydrogen-bond donors (Lipinski definition) is 2. The molecule has 0 aliphatic rings. The molecule has 0 fully saturated rings. The maximum atomic E-state index is 11.1. The Balaban J connectivity index is 1.92. The van der Waals surface area contributed by atoms with Crippen LogP contribution in [0.25, 0.3) is 5.69 Å². The van der Waals surface area contributed by atoms with Crippen LogP contribution in [0, 0.1) is 24.0 Å². The molecule has 0 spiro atoms. The van der Waals surface area contributed by atoms with Gasteiger partial charge in [-0.2, -0.15) is 10.1 Å². The summed E-state index contributed by atoms with van der Waals surface area (Å²) in [5.41, 5.74) is 11.0. The average molecular weight is 420 g/mol. The Morgan fingerprint density at radius 2 is 2.07 bits per heavy atom. The topological polar surface area (TPSA) is 124 Å². The van der Waals surface area contributed by atoms with Crippen LogP contribution in [0.3, 0.4) is 0 Å². The van der Waals surface area contributed by atoms with Gasteiger partial charge in [0.15, 0.2) is 0 Å². The van der Waals surface area contributed by atoms with Gasteiger partial charge in [0.25, 0.3) is 0 Å². The van der Waals surface area contributed by atoms with Crippen LogP contribution in [0.5, 0.6) is 0 Å². The fraction of sp³-hybridized carbons (Fsp3) is 0.118. The lowest BCUT2D eigenvalue weighted by atomic mass is 10.2. The molecule has 0 bridgehead atoms. The van der Waals surface area contributed by atoms with Gasteiger partial charge >= 0.3 is 5.69 Å². The molecule has 0 radical (unpaired) electrons. The molecule has 1 aromatic carbocycles. The first-order chi connectivity index (χ1) is 13.3. The number of nitrogens with one attached hydrogen (secondary N) is 1. The van der Waals surface area contributed by atoms with Crippen LogP contribution in [0.15, 0.2) is 35.6 Å². The molecule has 2 heterocycles. The molecule has 0 aliphatic heterocycles. The van der Waals surface area contributed by atoms with E-state index in [0.717, 1.165) is 28.8 Å². The number of benzene rings is 1. The van der Waals surface area contributed by atoms with Crippen LogP contribution in [0.1, 0.15) is 17.0 Å². The number of anilines is 2. The summed E-state index contributed by atoms with van der Waals surface area (Å²) in [6, 6.07) is 7.12. The fourth-order valence-electron chi connectivity index (χ4n) is 2.71. The molecule has 11 heteroatoms. The number of hydrazone groups is 1. The van der Waals surface area contributed by atoms with Crippen molar-refractivity contribution in [3.63, 3.8) is 0 Å². The number of nitrogens with two attached hydrogens (primary N) is 1. The predicted molar refractivity (Wildman–Crippen MR) is 110 cm³/mol. The molecular weight excluding hydrogens is 405 g/mol. The van der Waals surface area contributed by atoms with Crippen molar-refractivity contribution in [1.29, 1.82) is 0 Å². The van der Waals surface area contributed by atoms with Crippen molar-refractivity contribution in [1.82, 2.24) is 14.5 Å². The van der Waals surface area contributed by atoms with Gasteiger partial charge in [-0.25, -0.2) is 4.98 Å². The zero-order valence-corrected chi connectivity index (χ0v) is 16.4. The maximum Gasteiger partial charge on any atom is 0.331 e. The van der Waals surface area contributed by atoms with Crippen molar-refractivity contribution in [2.75, 3.05) is 11.2 Å². The van der Waals surface area contributed by atoms with E-state index in [9.17, 15) is 10.1 Å². The summed E-state index contributed by atoms with van der Waals surface area (Å²) in [6.07, 6.45) is 2.55. The third-order valence-corrected chi connectivity index (χ3v) is 4.53. The summed E-state index contributed by atoms with van der Waals surface area (Å²) < 4.78 is 1.95. The predicted octanol–water partition coefficient (Wildman–Crippen LogP) is 4.13. The second-order valence-electron chi connectivity index (χ2n) is 5.85. The van der Waals surface area contributed by atoms with E-state index in [0.29, 0.717) is 10.0 Å². The molecule has 0 unspecified atom stereocenters. The number of nitrogen functional groups attached to an aromatic ring is 1. The van der Waals surface area contributed by atoms with Crippen LogP contribution in [0.4, 0.5) is 17.5 Å². The van der Waals surface area contributed by atoms with Crippen molar-refractivity contribution in [2.24, 2.45) is 5.10 Å². The second kappa shape index (κ2) is 7.83. The van der Waals surface area contributed by atoms with Gasteiger partial charge in [0.05, 0.1) is 21.8 Å². The molecule has 3 rings (SSSR count). The largest absolute Gasteiger partial charge is 0.368 e. The van der Waals surface area contributed by atoms with Gasteiger partial charge in [-0.15, -0.1) is 0 Å². The highest BCUT2D eigenvalue weighted by Crippen LogP contribution is 2.28. The van der Waals surface area contributed by atoms with Crippen LogP contribution in [-0.4, -0.2) is 25.7 Å². The minimum Gasteiger partial charge on any atom is -0.368 e. The Kier molecular flexibility index (Phi) is 5.48. The number of aromatic nitrogens is 3. The molecule has 0 saturated carbocycles. The lowest BCUT2D eigenvalue weighted by Gasteiger charge is -2.12. The Labute approximate surface area is 170 Å². The second-order valence-corrected chi connectivity index (χ2v) is 6.69. The van der Waals surface area contributed by atoms with Crippen molar-refractivity contribution in [3.8, 4) is 5.69 Å². The van der Waals surface area contributed by atoms with Gasteiger partial charge in [-0.05, 0) is 38.1 Å². The average Bonchev–Trinajstić information content (AvgIpc) is 2.91. The Morgan fingerprint density at radius 3 is 2.79 bits per heavy atom. The third-order valence-electron chi connectivity index (χ3n) is 3.98. The zero-order chi connectivity index (χ0) is 20.4. The standard InChI is InChI=1S/C17H15Cl2N7O2/c1-9-5-11(10(2)25(9)14-6-12(18)3-4-13(14)19)7-22-24-16-15(26(27)28)8-21-17(20)23-16/h3-8H,1-2H3,(H3,20,21,23,24)/b22-7+. The monoisotopic (exact) mass is 419 g/mol. The number of hydrogen-bond acceptors (Lipinski definition) is 7. The van der Waals surface area contributed by atoms with Crippen molar-refractivity contribution < 1.29 is 4.92 Å². The highest BCUT2D eigenvalue weighted by molar-refractivity contribution is 6.34. The summed E-state index contributed by atoms with van der Waals surface area (Å²) in [5.74, 6) is -0.197. The molecule has 3 N–H and O–H groups in total. The molecule has 0 saturated heterocycles. The first-order valence-electron chi connectivity index (χ1n) is 7.98. The van der Waals surface area contributed by atoms with Crippen LogP contribution in [-0.2, 0) is 0 Å². The first-order valence-corrected chi connectivity index (χ1v) is 8.74. The zero-order valence-electron chi connectivity index (χ0n) is 14.8. The Morgan fingerprint density at radius 1 is 1.32 bits per heavy atom. The van der Waals surface area contributed by atoms with E-state index in [1.54, 1.807) is 18.2 Å². The number of halogens is 2. The quantitative estimate of drug-likeness (QED) is 0.363.